The van der Waals surface area contributed by atoms with E-state index in [1.807, 2.05) is 0 Å². The zero-order chi connectivity index (χ0) is 20.2. The lowest BCUT2D eigenvalue weighted by molar-refractivity contribution is -0.165. The summed E-state index contributed by atoms with van der Waals surface area (Å²) < 4.78 is 0. The van der Waals surface area contributed by atoms with Gasteiger partial charge in [0.05, 0.1) is 5.41 Å². The molecule has 0 aliphatic heterocycles. The predicted molar refractivity (Wildman–Crippen MR) is 117 cm³/mol. The lowest BCUT2D eigenvalue weighted by atomic mass is 9.52. The van der Waals surface area contributed by atoms with Gasteiger partial charge in [-0.3, -0.25) is 4.79 Å². The molecule has 0 radical (unpaired) electrons. The Hall–Kier alpha value is -0.530. The Morgan fingerprint density at radius 1 is 0.889 bits per heavy atom. The second-order valence-corrected chi connectivity index (χ2v) is 9.83. The van der Waals surface area contributed by atoms with E-state index in [4.69, 9.17) is 0 Å². The van der Waals surface area contributed by atoms with Crippen LogP contribution < -0.4 is 0 Å². The van der Waals surface area contributed by atoms with Crippen LogP contribution in [0.2, 0.25) is 0 Å². The van der Waals surface area contributed by atoms with Crippen LogP contribution in [0.3, 0.4) is 0 Å². The van der Waals surface area contributed by atoms with Crippen LogP contribution in [-0.2, 0) is 4.79 Å². The zero-order valence-corrected chi connectivity index (χ0v) is 19.0. The maximum absolute atomic E-state index is 12.6. The molecule has 3 unspecified atom stereocenters. The topological polar surface area (TPSA) is 37.3 Å². The van der Waals surface area contributed by atoms with Gasteiger partial charge in [0.25, 0.3) is 0 Å². The molecule has 1 saturated carbocycles. The van der Waals surface area contributed by atoms with Crippen molar-refractivity contribution >= 4 is 5.97 Å². The first-order valence-electron chi connectivity index (χ1n) is 12.2. The quantitative estimate of drug-likeness (QED) is 0.290. The number of hydrogen-bond donors (Lipinski definition) is 1. The van der Waals surface area contributed by atoms with Crippen LogP contribution in [-0.4, -0.2) is 11.1 Å². The molecule has 0 spiro atoms. The average molecular weight is 381 g/mol. The van der Waals surface area contributed by atoms with Crippen LogP contribution in [0.25, 0.3) is 0 Å². The molecule has 3 atom stereocenters. The highest BCUT2D eigenvalue weighted by Crippen LogP contribution is 2.57. The van der Waals surface area contributed by atoms with E-state index in [1.54, 1.807) is 0 Å². The Labute approximate surface area is 169 Å². The van der Waals surface area contributed by atoms with Gasteiger partial charge >= 0.3 is 5.97 Å². The molecule has 0 amide bonds. The second kappa shape index (κ2) is 12.8. The van der Waals surface area contributed by atoms with Crippen LogP contribution >= 0.6 is 0 Å². The largest absolute Gasteiger partial charge is 0.481 e. The molecule has 1 fully saturated rings. The van der Waals surface area contributed by atoms with Gasteiger partial charge in [0, 0.05) is 0 Å². The van der Waals surface area contributed by atoms with Crippen LogP contribution in [0.4, 0.5) is 0 Å². The Morgan fingerprint density at radius 2 is 1.44 bits per heavy atom. The van der Waals surface area contributed by atoms with Gasteiger partial charge in [0.1, 0.15) is 0 Å². The molecule has 0 aromatic rings. The van der Waals surface area contributed by atoms with Crippen LogP contribution in [0.15, 0.2) is 0 Å². The van der Waals surface area contributed by atoms with Gasteiger partial charge in [-0.1, -0.05) is 111 Å². The van der Waals surface area contributed by atoms with Gasteiger partial charge in [0.15, 0.2) is 0 Å². The summed E-state index contributed by atoms with van der Waals surface area (Å²) in [4.78, 5) is 12.6. The molecule has 1 rings (SSSR count). The Balaban J connectivity index is 2.65. The van der Waals surface area contributed by atoms with Crippen LogP contribution in [0, 0.1) is 16.7 Å². The molecule has 1 N–H and O–H groups in total. The molecule has 160 valence electrons. The van der Waals surface area contributed by atoms with E-state index in [0.29, 0.717) is 5.92 Å². The number of carboxylic acids is 1. The number of rotatable bonds is 15. The van der Waals surface area contributed by atoms with Crippen LogP contribution in [0.5, 0.6) is 0 Å². The summed E-state index contributed by atoms with van der Waals surface area (Å²) in [5.41, 5.74) is -0.501. The molecule has 1 aliphatic carbocycles. The smallest absolute Gasteiger partial charge is 0.310 e. The van der Waals surface area contributed by atoms with E-state index in [9.17, 15) is 9.90 Å². The molecule has 0 saturated heterocycles. The second-order valence-electron chi connectivity index (χ2n) is 9.83. The van der Waals surface area contributed by atoms with E-state index in [2.05, 4.69) is 27.7 Å². The summed E-state index contributed by atoms with van der Waals surface area (Å²) in [5, 5.41) is 10.3. The van der Waals surface area contributed by atoms with Crippen molar-refractivity contribution in [3.63, 3.8) is 0 Å². The van der Waals surface area contributed by atoms with Gasteiger partial charge in [-0.2, -0.15) is 0 Å². The predicted octanol–water partition coefficient (Wildman–Crippen LogP) is 8.38. The van der Waals surface area contributed by atoms with E-state index in [1.165, 1.54) is 77.0 Å². The highest BCUT2D eigenvalue weighted by molar-refractivity contribution is 5.76. The normalized spacial score (nSPS) is 26.8. The lowest BCUT2D eigenvalue weighted by Gasteiger charge is -2.51. The Morgan fingerprint density at radius 3 is 2.07 bits per heavy atom. The molecular formula is C25H48O2. The summed E-state index contributed by atoms with van der Waals surface area (Å²) in [6.45, 7) is 9.12. The van der Waals surface area contributed by atoms with E-state index < -0.39 is 11.4 Å². The molecule has 0 aromatic heterocycles. The number of carbonyl (C=O) groups is 1. The van der Waals surface area contributed by atoms with Crippen molar-refractivity contribution in [1.82, 2.24) is 0 Å². The highest BCUT2D eigenvalue weighted by Gasteiger charge is 2.54. The minimum Gasteiger partial charge on any atom is -0.481 e. The van der Waals surface area contributed by atoms with Gasteiger partial charge < -0.3 is 5.11 Å². The third kappa shape index (κ3) is 7.42. The summed E-state index contributed by atoms with van der Waals surface area (Å²) >= 11 is 0. The molecule has 2 heteroatoms. The van der Waals surface area contributed by atoms with Crippen molar-refractivity contribution in [1.29, 1.82) is 0 Å². The van der Waals surface area contributed by atoms with E-state index in [0.717, 1.165) is 32.1 Å². The molecule has 0 heterocycles. The zero-order valence-electron chi connectivity index (χ0n) is 19.0. The van der Waals surface area contributed by atoms with Crippen molar-refractivity contribution < 1.29 is 9.90 Å². The minimum absolute atomic E-state index is 0.0137. The number of hydrogen-bond acceptors (Lipinski definition) is 1. The van der Waals surface area contributed by atoms with Crippen LogP contribution in [0.1, 0.15) is 137 Å². The summed E-state index contributed by atoms with van der Waals surface area (Å²) in [7, 11) is 0. The minimum atomic E-state index is -0.505. The maximum Gasteiger partial charge on any atom is 0.310 e. The van der Waals surface area contributed by atoms with E-state index >= 15 is 0 Å². The first kappa shape index (κ1) is 24.5. The SMILES string of the molecule is CCCCCCCCC(C)CC1(C(=O)O)CCCCC1(C)CCCCCC. The van der Waals surface area contributed by atoms with Crippen molar-refractivity contribution in [3.8, 4) is 0 Å². The molecule has 0 aromatic carbocycles. The van der Waals surface area contributed by atoms with Gasteiger partial charge in [0.2, 0.25) is 0 Å². The van der Waals surface area contributed by atoms with Gasteiger partial charge in [-0.25, -0.2) is 0 Å². The standard InChI is InChI=1S/C25H48O2/c1-5-7-9-11-12-13-17-22(3)21-25(23(26)27)20-16-15-19-24(25,4)18-14-10-8-6-2/h22H,5-21H2,1-4H3,(H,26,27). The molecule has 0 bridgehead atoms. The van der Waals surface area contributed by atoms with Gasteiger partial charge in [-0.05, 0) is 37.0 Å². The third-order valence-electron chi connectivity index (χ3n) is 7.48. The maximum atomic E-state index is 12.6. The lowest BCUT2D eigenvalue weighted by Crippen LogP contribution is -2.49. The summed E-state index contributed by atoms with van der Waals surface area (Å²) in [5.74, 6) is 0.0235. The number of aliphatic carboxylic acids is 1. The third-order valence-corrected chi connectivity index (χ3v) is 7.48. The Kier molecular flexibility index (Phi) is 11.7. The van der Waals surface area contributed by atoms with Crippen molar-refractivity contribution in [2.75, 3.05) is 0 Å². The Bertz CT molecular complexity index is 405. The fourth-order valence-electron chi connectivity index (χ4n) is 5.56. The fraction of sp³-hybridized carbons (Fsp3) is 0.960. The highest BCUT2D eigenvalue weighted by atomic mass is 16.4. The van der Waals surface area contributed by atoms with Crippen molar-refractivity contribution in [2.45, 2.75) is 137 Å². The molecular weight excluding hydrogens is 332 g/mol. The molecule has 2 nitrogen and oxygen atoms in total. The van der Waals surface area contributed by atoms with Crippen molar-refractivity contribution in [2.24, 2.45) is 16.7 Å². The summed E-state index contributed by atoms with van der Waals surface area (Å²) in [6.07, 6.45) is 20.4. The first-order chi connectivity index (χ1) is 12.9. The monoisotopic (exact) mass is 380 g/mol. The average Bonchev–Trinajstić information content (AvgIpc) is 2.63. The number of carboxylic acid groups (broad SMARTS) is 1. The first-order valence-corrected chi connectivity index (χ1v) is 12.2. The molecule has 27 heavy (non-hydrogen) atoms. The van der Waals surface area contributed by atoms with Gasteiger partial charge in [-0.15, -0.1) is 0 Å². The molecule has 1 aliphatic rings. The van der Waals surface area contributed by atoms with E-state index in [-0.39, 0.29) is 5.41 Å². The fourth-order valence-corrected chi connectivity index (χ4v) is 5.56. The van der Waals surface area contributed by atoms with Crippen molar-refractivity contribution in [3.05, 3.63) is 0 Å². The summed E-state index contributed by atoms with van der Waals surface area (Å²) in [6, 6.07) is 0. The number of unbranched alkanes of at least 4 members (excludes halogenated alkanes) is 8.